The predicted octanol–water partition coefficient (Wildman–Crippen LogP) is 3.37. The maximum absolute atomic E-state index is 13.0. The van der Waals surface area contributed by atoms with Crippen LogP contribution in [0.15, 0.2) is 65.5 Å². The Morgan fingerprint density at radius 2 is 1.77 bits per heavy atom. The maximum Gasteiger partial charge on any atom is 0.326 e. The third-order valence-corrected chi connectivity index (χ3v) is 4.56. The van der Waals surface area contributed by atoms with Gasteiger partial charge in [-0.15, -0.1) is 0 Å². The summed E-state index contributed by atoms with van der Waals surface area (Å²) in [7, 11) is 1.56. The molecule has 1 heterocycles. The van der Waals surface area contributed by atoms with E-state index in [1.54, 1.807) is 19.2 Å². The molecule has 3 rings (SSSR count). The van der Waals surface area contributed by atoms with Crippen LogP contribution < -0.4 is 10.9 Å². The summed E-state index contributed by atoms with van der Waals surface area (Å²) in [6.45, 7) is 0.584. The first-order valence-electron chi connectivity index (χ1n) is 9.38. The van der Waals surface area contributed by atoms with E-state index in [2.05, 4.69) is 10.3 Å². The fourth-order valence-electron chi connectivity index (χ4n) is 2.86. The summed E-state index contributed by atoms with van der Waals surface area (Å²) in [5.41, 5.74) is 1.42. The van der Waals surface area contributed by atoms with Gasteiger partial charge in [-0.1, -0.05) is 72.3 Å². The lowest BCUT2D eigenvalue weighted by Gasteiger charge is -2.16. The molecule has 0 saturated heterocycles. The van der Waals surface area contributed by atoms with Crippen LogP contribution in [0.25, 0.3) is 11.3 Å². The molecule has 1 N–H and O–H groups in total. The molecule has 30 heavy (non-hydrogen) atoms. The number of nitrogens with zero attached hydrogens (tertiary/aromatic N) is 2. The van der Waals surface area contributed by atoms with Crippen molar-refractivity contribution >= 4 is 23.4 Å². The van der Waals surface area contributed by atoms with Crippen molar-refractivity contribution in [2.75, 3.05) is 25.6 Å². The number of carbonyl (C=O) groups excluding carboxylic acids is 1. The summed E-state index contributed by atoms with van der Waals surface area (Å²) in [5, 5.41) is 3.01. The van der Waals surface area contributed by atoms with Gasteiger partial charge in [0, 0.05) is 19.2 Å². The van der Waals surface area contributed by atoms with Crippen LogP contribution >= 0.6 is 11.6 Å². The van der Waals surface area contributed by atoms with Crippen molar-refractivity contribution in [3.63, 3.8) is 0 Å². The normalized spacial score (nSPS) is 10.6. The Kier molecular flexibility index (Phi) is 7.59. The van der Waals surface area contributed by atoms with Crippen LogP contribution in [0.1, 0.15) is 5.56 Å². The lowest BCUT2D eigenvalue weighted by molar-refractivity contribution is -0.145. The molecule has 0 amide bonds. The lowest BCUT2D eigenvalue weighted by Crippen LogP contribution is -2.31. The largest absolute Gasteiger partial charge is 0.459 e. The summed E-state index contributed by atoms with van der Waals surface area (Å²) in [5.74, 6) is -0.504. The third kappa shape index (κ3) is 5.46. The molecule has 8 heteroatoms. The molecule has 2 aromatic carbocycles. The van der Waals surface area contributed by atoms with Gasteiger partial charge in [0.2, 0.25) is 0 Å². The van der Waals surface area contributed by atoms with E-state index >= 15 is 0 Å². The van der Waals surface area contributed by atoms with Gasteiger partial charge < -0.3 is 14.8 Å². The summed E-state index contributed by atoms with van der Waals surface area (Å²) in [6, 6.07) is 18.4. The Morgan fingerprint density at radius 1 is 1.10 bits per heavy atom. The Morgan fingerprint density at radius 3 is 2.43 bits per heavy atom. The summed E-state index contributed by atoms with van der Waals surface area (Å²) in [6.07, 6.45) is 0. The molecular formula is C22H22ClN3O4. The van der Waals surface area contributed by atoms with Crippen molar-refractivity contribution in [2.45, 2.75) is 13.2 Å². The molecule has 1 aromatic heterocycles. The van der Waals surface area contributed by atoms with Crippen LogP contribution in [-0.4, -0.2) is 35.8 Å². The standard InChI is InChI=1S/C22H22ClN3O4/c1-29-13-12-24-21-22(28)26(14-18(27)30-15-16-8-4-2-5-9-16)19(20(23)25-21)17-10-6-3-7-11-17/h2-11H,12-15H2,1H3,(H,24,25). The number of hydrogen-bond donors (Lipinski definition) is 1. The van der Waals surface area contributed by atoms with Gasteiger partial charge in [0.15, 0.2) is 11.0 Å². The topological polar surface area (TPSA) is 82.4 Å². The quantitative estimate of drug-likeness (QED) is 0.416. The van der Waals surface area contributed by atoms with Crippen LogP contribution in [-0.2, 0) is 27.4 Å². The van der Waals surface area contributed by atoms with Crippen LogP contribution in [0, 0.1) is 0 Å². The van der Waals surface area contributed by atoms with E-state index in [0.29, 0.717) is 24.4 Å². The molecule has 0 unspecified atom stereocenters. The molecule has 0 aliphatic rings. The molecule has 0 saturated carbocycles. The molecule has 3 aromatic rings. The molecule has 7 nitrogen and oxygen atoms in total. The predicted molar refractivity (Wildman–Crippen MR) is 116 cm³/mol. The van der Waals surface area contributed by atoms with Crippen molar-refractivity contribution in [3.8, 4) is 11.3 Å². The highest BCUT2D eigenvalue weighted by Crippen LogP contribution is 2.26. The molecule has 0 fully saturated rings. The molecule has 0 aliphatic heterocycles. The van der Waals surface area contributed by atoms with Crippen molar-refractivity contribution in [1.82, 2.24) is 9.55 Å². The summed E-state index contributed by atoms with van der Waals surface area (Å²) >= 11 is 6.42. The first-order valence-corrected chi connectivity index (χ1v) is 9.76. The SMILES string of the molecule is COCCNc1nc(Cl)c(-c2ccccc2)n(CC(=O)OCc2ccccc2)c1=O. The smallest absolute Gasteiger partial charge is 0.326 e. The van der Waals surface area contributed by atoms with Crippen LogP contribution in [0.4, 0.5) is 5.82 Å². The van der Waals surface area contributed by atoms with Gasteiger partial charge in [0.05, 0.1) is 12.3 Å². The number of halogens is 1. The molecule has 156 valence electrons. The van der Waals surface area contributed by atoms with Crippen molar-refractivity contribution < 1.29 is 14.3 Å². The third-order valence-electron chi connectivity index (χ3n) is 4.30. The average Bonchev–Trinajstić information content (AvgIpc) is 2.77. The van der Waals surface area contributed by atoms with Gasteiger partial charge in [0.1, 0.15) is 13.2 Å². The Bertz CT molecular complexity index is 1040. The number of ether oxygens (including phenoxy) is 2. The minimum absolute atomic E-state index is 0.0487. The van der Waals surface area contributed by atoms with Crippen molar-refractivity contribution in [1.29, 1.82) is 0 Å². The Hall–Kier alpha value is -3.16. The Balaban J connectivity index is 1.90. The van der Waals surface area contributed by atoms with Crippen LogP contribution in [0.2, 0.25) is 5.15 Å². The zero-order valence-electron chi connectivity index (χ0n) is 16.5. The van der Waals surface area contributed by atoms with E-state index in [-0.39, 0.29) is 24.1 Å². The number of esters is 1. The number of nitrogens with one attached hydrogen (secondary N) is 1. The second-order valence-electron chi connectivity index (χ2n) is 6.42. The molecule has 0 radical (unpaired) electrons. The van der Waals surface area contributed by atoms with Crippen LogP contribution in [0.5, 0.6) is 0 Å². The first kappa shape index (κ1) is 21.5. The highest BCUT2D eigenvalue weighted by molar-refractivity contribution is 6.32. The number of carbonyl (C=O) groups is 1. The van der Waals surface area contributed by atoms with Gasteiger partial charge in [-0.2, -0.15) is 0 Å². The number of hydrogen-bond acceptors (Lipinski definition) is 6. The molecule has 0 aliphatic carbocycles. The minimum atomic E-state index is -0.553. The lowest BCUT2D eigenvalue weighted by atomic mass is 10.1. The summed E-state index contributed by atoms with van der Waals surface area (Å²) < 4.78 is 11.6. The van der Waals surface area contributed by atoms with Crippen LogP contribution in [0.3, 0.4) is 0 Å². The van der Waals surface area contributed by atoms with Crippen molar-refractivity contribution in [3.05, 3.63) is 81.7 Å². The van der Waals surface area contributed by atoms with Gasteiger partial charge >= 0.3 is 5.97 Å². The van der Waals surface area contributed by atoms with Gasteiger partial charge in [0.25, 0.3) is 5.56 Å². The van der Waals surface area contributed by atoms with E-state index in [1.807, 2.05) is 48.5 Å². The molecular weight excluding hydrogens is 406 g/mol. The number of methoxy groups -OCH3 is 1. The fraction of sp³-hybridized carbons (Fsp3) is 0.227. The van der Waals surface area contributed by atoms with Crippen molar-refractivity contribution in [2.24, 2.45) is 0 Å². The first-order chi connectivity index (χ1) is 14.6. The van der Waals surface area contributed by atoms with E-state index in [0.717, 1.165) is 5.56 Å². The number of benzene rings is 2. The highest BCUT2D eigenvalue weighted by atomic mass is 35.5. The monoisotopic (exact) mass is 427 g/mol. The number of aromatic nitrogens is 2. The fourth-order valence-corrected chi connectivity index (χ4v) is 3.16. The van der Waals surface area contributed by atoms with E-state index in [4.69, 9.17) is 21.1 Å². The van der Waals surface area contributed by atoms with Gasteiger partial charge in [-0.3, -0.25) is 14.2 Å². The Labute approximate surface area is 179 Å². The minimum Gasteiger partial charge on any atom is -0.459 e. The molecule has 0 spiro atoms. The molecule has 0 bridgehead atoms. The van der Waals surface area contributed by atoms with E-state index in [9.17, 15) is 9.59 Å². The second kappa shape index (κ2) is 10.6. The second-order valence-corrected chi connectivity index (χ2v) is 6.78. The van der Waals surface area contributed by atoms with Gasteiger partial charge in [-0.25, -0.2) is 4.98 Å². The average molecular weight is 428 g/mol. The number of rotatable bonds is 9. The van der Waals surface area contributed by atoms with E-state index < -0.39 is 11.5 Å². The molecule has 0 atom stereocenters. The zero-order chi connectivity index (χ0) is 21.3. The number of anilines is 1. The van der Waals surface area contributed by atoms with Gasteiger partial charge in [-0.05, 0) is 5.56 Å². The maximum atomic E-state index is 13.0. The highest BCUT2D eigenvalue weighted by Gasteiger charge is 2.19. The van der Waals surface area contributed by atoms with E-state index in [1.165, 1.54) is 4.57 Å². The zero-order valence-corrected chi connectivity index (χ0v) is 17.3. The summed E-state index contributed by atoms with van der Waals surface area (Å²) in [4.78, 5) is 29.8.